The summed E-state index contributed by atoms with van der Waals surface area (Å²) in [5, 5.41) is 12.1. The number of nitrogens with zero attached hydrogens (tertiary/aromatic N) is 5. The van der Waals surface area contributed by atoms with Gasteiger partial charge in [-0.3, -0.25) is 29.3 Å². The van der Waals surface area contributed by atoms with E-state index in [1.54, 1.807) is 35.3 Å². The van der Waals surface area contributed by atoms with E-state index in [0.29, 0.717) is 23.2 Å². The number of aromatic nitrogens is 4. The number of nitrogens with one attached hydrogen (secondary N) is 2. The van der Waals surface area contributed by atoms with Gasteiger partial charge in [-0.1, -0.05) is 12.1 Å². The van der Waals surface area contributed by atoms with Crippen molar-refractivity contribution in [3.05, 3.63) is 81.5 Å². The van der Waals surface area contributed by atoms with Crippen LogP contribution in [0.15, 0.2) is 53.7 Å². The van der Waals surface area contributed by atoms with Gasteiger partial charge in [0.05, 0.1) is 24.2 Å². The molecule has 1 aliphatic heterocycles. The van der Waals surface area contributed by atoms with E-state index in [0.717, 1.165) is 50.4 Å². The Bertz CT molecular complexity index is 1520. The maximum Gasteiger partial charge on any atom is 0.267 e. The number of morpholine rings is 1. The van der Waals surface area contributed by atoms with Gasteiger partial charge in [-0.2, -0.15) is 0 Å². The van der Waals surface area contributed by atoms with Gasteiger partial charge in [0.25, 0.3) is 11.5 Å². The quantitative estimate of drug-likeness (QED) is 0.382. The van der Waals surface area contributed by atoms with E-state index in [1.807, 2.05) is 19.1 Å². The highest BCUT2D eigenvalue weighted by Crippen LogP contribution is 2.13. The largest absolute Gasteiger partial charge is 0.379 e. The van der Waals surface area contributed by atoms with Crippen LogP contribution in [0, 0.1) is 12.3 Å². The van der Waals surface area contributed by atoms with Crippen LogP contribution in [0.2, 0.25) is 0 Å². The van der Waals surface area contributed by atoms with Crippen molar-refractivity contribution in [2.75, 3.05) is 32.8 Å². The van der Waals surface area contributed by atoms with Crippen LogP contribution < -0.4 is 16.4 Å². The second-order valence-electron chi connectivity index (χ2n) is 8.95. The van der Waals surface area contributed by atoms with E-state index in [-0.39, 0.29) is 23.2 Å². The molecule has 0 aliphatic carbocycles. The number of hydrogen-bond acceptors (Lipinski definition) is 7. The average Bonchev–Trinajstić information content (AvgIpc) is 2.90. The summed E-state index contributed by atoms with van der Waals surface area (Å²) >= 11 is 0. The van der Waals surface area contributed by atoms with Gasteiger partial charge >= 0.3 is 0 Å². The van der Waals surface area contributed by atoms with Gasteiger partial charge in [0, 0.05) is 51.3 Å². The maximum absolute atomic E-state index is 13.5. The van der Waals surface area contributed by atoms with Crippen molar-refractivity contribution in [1.29, 1.82) is 5.41 Å². The summed E-state index contributed by atoms with van der Waals surface area (Å²) in [7, 11) is 0. The van der Waals surface area contributed by atoms with Gasteiger partial charge in [0.15, 0.2) is 0 Å². The molecular weight excluding hydrogens is 458 g/mol. The Hall–Kier alpha value is -3.89. The molecule has 0 atom stereocenters. The molecule has 1 aliphatic rings. The number of carbonyl (C=O) groups excluding carboxylic acids is 1. The minimum atomic E-state index is -0.415. The molecule has 0 unspecified atom stereocenters. The Balaban J connectivity index is 1.55. The summed E-state index contributed by atoms with van der Waals surface area (Å²) in [4.78, 5) is 37.8. The van der Waals surface area contributed by atoms with Crippen molar-refractivity contribution < 1.29 is 9.53 Å². The third-order valence-corrected chi connectivity index (χ3v) is 6.51. The van der Waals surface area contributed by atoms with E-state index in [1.165, 1.54) is 10.5 Å². The SMILES string of the molecule is Cc1cccn2c(=O)c3cc(C(=O)NCc4cccnc4)c(=N)n(CCCN4CCOCC4)c3nc12. The van der Waals surface area contributed by atoms with Gasteiger partial charge in [-0.05, 0) is 42.7 Å². The fourth-order valence-electron chi connectivity index (χ4n) is 4.54. The smallest absolute Gasteiger partial charge is 0.267 e. The van der Waals surface area contributed by atoms with Crippen LogP contribution in [0.25, 0.3) is 16.7 Å². The molecule has 2 N–H and O–H groups in total. The molecule has 10 nitrogen and oxygen atoms in total. The molecule has 10 heteroatoms. The van der Waals surface area contributed by atoms with Crippen LogP contribution in [-0.4, -0.2) is 62.6 Å². The summed E-state index contributed by atoms with van der Waals surface area (Å²) < 4.78 is 8.62. The number of amides is 1. The molecule has 4 aromatic heterocycles. The molecule has 36 heavy (non-hydrogen) atoms. The lowest BCUT2D eigenvalue weighted by atomic mass is 10.1. The molecule has 1 fully saturated rings. The number of carbonyl (C=O) groups is 1. The average molecular weight is 488 g/mol. The summed E-state index contributed by atoms with van der Waals surface area (Å²) in [6, 6.07) is 8.87. The lowest BCUT2D eigenvalue weighted by Gasteiger charge is -2.26. The lowest BCUT2D eigenvalue weighted by Crippen LogP contribution is -2.38. The first-order chi connectivity index (χ1) is 17.5. The molecule has 0 spiro atoms. The number of pyridine rings is 3. The van der Waals surface area contributed by atoms with E-state index < -0.39 is 5.91 Å². The highest BCUT2D eigenvalue weighted by Gasteiger charge is 2.18. The Morgan fingerprint density at radius 1 is 1.17 bits per heavy atom. The number of rotatable bonds is 7. The third kappa shape index (κ3) is 4.77. The van der Waals surface area contributed by atoms with E-state index in [4.69, 9.17) is 15.1 Å². The highest BCUT2D eigenvalue weighted by atomic mass is 16.5. The summed E-state index contributed by atoms with van der Waals surface area (Å²) in [5.41, 5.74) is 2.60. The van der Waals surface area contributed by atoms with Gasteiger partial charge in [-0.15, -0.1) is 0 Å². The zero-order valence-corrected chi connectivity index (χ0v) is 20.2. The lowest BCUT2D eigenvalue weighted by molar-refractivity contribution is 0.0369. The molecule has 0 radical (unpaired) electrons. The second kappa shape index (κ2) is 10.4. The molecule has 186 valence electrons. The summed E-state index contributed by atoms with van der Waals surface area (Å²) in [6.07, 6.45) is 5.78. The maximum atomic E-state index is 13.5. The minimum absolute atomic E-state index is 0.0398. The first-order valence-electron chi connectivity index (χ1n) is 12.1. The standard InChI is InChI=1S/C26H29N7O3/c1-18-5-3-9-33-23(18)30-24-21(26(33)35)15-20(25(34)29-17-19-6-2-7-28-16-19)22(27)32(24)10-4-8-31-11-13-36-14-12-31/h2-3,5-7,9,15-16,27H,4,8,10-14,17H2,1H3,(H,29,34). The highest BCUT2D eigenvalue weighted by molar-refractivity contribution is 5.96. The van der Waals surface area contributed by atoms with Crippen molar-refractivity contribution >= 4 is 22.6 Å². The molecular formula is C26H29N7O3. The van der Waals surface area contributed by atoms with Crippen LogP contribution in [0.5, 0.6) is 0 Å². The van der Waals surface area contributed by atoms with Crippen LogP contribution >= 0.6 is 0 Å². The monoisotopic (exact) mass is 487 g/mol. The van der Waals surface area contributed by atoms with Gasteiger partial charge in [0.1, 0.15) is 16.8 Å². The zero-order valence-electron chi connectivity index (χ0n) is 20.2. The van der Waals surface area contributed by atoms with E-state index >= 15 is 0 Å². The molecule has 0 aromatic carbocycles. The molecule has 0 bridgehead atoms. The zero-order chi connectivity index (χ0) is 25.1. The van der Waals surface area contributed by atoms with Crippen molar-refractivity contribution in [2.45, 2.75) is 26.4 Å². The minimum Gasteiger partial charge on any atom is -0.379 e. The Kier molecular flexibility index (Phi) is 6.88. The predicted molar refractivity (Wildman–Crippen MR) is 135 cm³/mol. The van der Waals surface area contributed by atoms with Crippen molar-refractivity contribution in [3.63, 3.8) is 0 Å². The van der Waals surface area contributed by atoms with Crippen molar-refractivity contribution in [3.8, 4) is 0 Å². The van der Waals surface area contributed by atoms with Crippen molar-refractivity contribution in [2.24, 2.45) is 0 Å². The van der Waals surface area contributed by atoms with Gasteiger partial charge < -0.3 is 14.6 Å². The summed E-state index contributed by atoms with van der Waals surface area (Å²) in [5.74, 6) is -0.415. The Labute approximate surface area is 207 Å². The molecule has 1 saturated heterocycles. The van der Waals surface area contributed by atoms with Crippen LogP contribution in [0.4, 0.5) is 0 Å². The second-order valence-corrected chi connectivity index (χ2v) is 8.95. The molecule has 5 heterocycles. The van der Waals surface area contributed by atoms with Crippen LogP contribution in [-0.2, 0) is 17.8 Å². The van der Waals surface area contributed by atoms with Crippen LogP contribution in [0.1, 0.15) is 27.9 Å². The van der Waals surface area contributed by atoms with Crippen LogP contribution in [0.3, 0.4) is 0 Å². The number of ether oxygens (including phenoxy) is 1. The first kappa shape index (κ1) is 23.8. The summed E-state index contributed by atoms with van der Waals surface area (Å²) in [6.45, 7) is 6.66. The fraction of sp³-hybridized carbons (Fsp3) is 0.346. The van der Waals surface area contributed by atoms with Gasteiger partial charge in [0.2, 0.25) is 0 Å². The first-order valence-corrected chi connectivity index (χ1v) is 12.1. The molecule has 4 aromatic rings. The number of fused-ring (bicyclic) bond motifs is 2. The topological polar surface area (TPSA) is 118 Å². The molecule has 0 saturated carbocycles. The molecule has 5 rings (SSSR count). The number of aryl methyl sites for hydroxylation is 2. The van der Waals surface area contributed by atoms with E-state index in [9.17, 15) is 9.59 Å². The fourth-order valence-corrected chi connectivity index (χ4v) is 4.54. The van der Waals surface area contributed by atoms with Crippen molar-refractivity contribution in [1.82, 2.24) is 29.2 Å². The Morgan fingerprint density at radius 3 is 2.78 bits per heavy atom. The van der Waals surface area contributed by atoms with Gasteiger partial charge in [-0.25, -0.2) is 4.98 Å². The number of hydrogen-bond donors (Lipinski definition) is 2. The third-order valence-electron chi connectivity index (χ3n) is 6.51. The van der Waals surface area contributed by atoms with E-state index in [2.05, 4.69) is 15.2 Å². The predicted octanol–water partition coefficient (Wildman–Crippen LogP) is 1.48. The molecule has 1 amide bonds. The normalized spacial score (nSPS) is 14.4. The Morgan fingerprint density at radius 2 is 2.00 bits per heavy atom.